The Bertz CT molecular complexity index is 631. The number of rotatable bonds is 5. The van der Waals surface area contributed by atoms with Crippen LogP contribution in [-0.4, -0.2) is 23.6 Å². The summed E-state index contributed by atoms with van der Waals surface area (Å²) in [7, 11) is 1.71. The zero-order valence-corrected chi connectivity index (χ0v) is 13.0. The van der Waals surface area contributed by atoms with Crippen molar-refractivity contribution in [3.05, 3.63) is 35.3 Å². The molecule has 1 aliphatic carbocycles. The number of aryl methyl sites for hydroxylation is 2. The molecule has 0 radical (unpaired) electrons. The number of aromatic nitrogens is 2. The van der Waals surface area contributed by atoms with Crippen LogP contribution in [0.2, 0.25) is 0 Å². The Balaban J connectivity index is 1.84. The van der Waals surface area contributed by atoms with Crippen molar-refractivity contribution in [2.45, 2.75) is 33.2 Å². The molecule has 0 atom stereocenters. The van der Waals surface area contributed by atoms with Gasteiger partial charge in [-0.1, -0.05) is 19.9 Å². The number of H-pyrrole nitrogens is 1. The van der Waals surface area contributed by atoms with Gasteiger partial charge in [-0.05, 0) is 43.0 Å². The van der Waals surface area contributed by atoms with Crippen molar-refractivity contribution in [3.63, 3.8) is 0 Å². The van der Waals surface area contributed by atoms with Crippen LogP contribution < -0.4 is 10.1 Å². The van der Waals surface area contributed by atoms with E-state index in [0.717, 1.165) is 43.2 Å². The first kappa shape index (κ1) is 14.1. The van der Waals surface area contributed by atoms with Crippen LogP contribution in [0.5, 0.6) is 5.75 Å². The molecule has 1 aromatic heterocycles. The lowest BCUT2D eigenvalue weighted by Crippen LogP contribution is -2.19. The summed E-state index contributed by atoms with van der Waals surface area (Å²) in [6.45, 7) is 6.23. The normalized spacial score (nSPS) is 13.1. The van der Waals surface area contributed by atoms with Gasteiger partial charge in [0.05, 0.1) is 19.3 Å². The lowest BCUT2D eigenvalue weighted by atomic mass is 9.92. The number of nitrogens with zero attached hydrogens (tertiary/aromatic N) is 1. The van der Waals surface area contributed by atoms with Crippen molar-refractivity contribution in [2.24, 2.45) is 5.92 Å². The third-order valence-corrected chi connectivity index (χ3v) is 3.89. The molecule has 0 spiro atoms. The van der Waals surface area contributed by atoms with E-state index in [-0.39, 0.29) is 0 Å². The molecule has 0 unspecified atom stereocenters. The maximum absolute atomic E-state index is 5.34. The fraction of sp³-hybridized carbons (Fsp3) is 0.471. The Kier molecular flexibility index (Phi) is 3.97. The van der Waals surface area contributed by atoms with E-state index in [1.807, 2.05) is 6.07 Å². The lowest BCUT2D eigenvalue weighted by Gasteiger charge is -2.15. The fourth-order valence-electron chi connectivity index (χ4n) is 2.81. The van der Waals surface area contributed by atoms with Crippen LogP contribution in [0.1, 0.15) is 30.9 Å². The molecule has 4 nitrogen and oxygen atoms in total. The Labute approximate surface area is 125 Å². The molecule has 0 fully saturated rings. The van der Waals surface area contributed by atoms with Crippen molar-refractivity contribution >= 4 is 0 Å². The van der Waals surface area contributed by atoms with Gasteiger partial charge in [-0.15, -0.1) is 0 Å². The smallest absolute Gasteiger partial charge is 0.121 e. The second-order valence-corrected chi connectivity index (χ2v) is 6.06. The van der Waals surface area contributed by atoms with Crippen molar-refractivity contribution < 1.29 is 4.74 Å². The summed E-state index contributed by atoms with van der Waals surface area (Å²) in [5.74, 6) is 2.57. The van der Waals surface area contributed by atoms with Gasteiger partial charge in [0.15, 0.2) is 0 Å². The van der Waals surface area contributed by atoms with E-state index in [4.69, 9.17) is 9.72 Å². The molecule has 0 aliphatic heterocycles. The quantitative estimate of drug-likeness (QED) is 0.888. The van der Waals surface area contributed by atoms with E-state index in [9.17, 15) is 0 Å². The van der Waals surface area contributed by atoms with E-state index in [0.29, 0.717) is 5.92 Å². The van der Waals surface area contributed by atoms with Gasteiger partial charge in [0.25, 0.3) is 0 Å². The molecule has 1 aromatic carbocycles. The van der Waals surface area contributed by atoms with Crippen LogP contribution in [0.15, 0.2) is 18.2 Å². The second kappa shape index (κ2) is 5.90. The third-order valence-electron chi connectivity index (χ3n) is 3.89. The standard InChI is InChI=1S/C17H23N3O/c1-11(2)9-18-10-16-19-15-7-5-12-4-6-13(21-3)8-14(12)17(15)20-16/h4,6,8,11,18H,5,7,9-10H2,1-3H3,(H,19,20). The van der Waals surface area contributed by atoms with Gasteiger partial charge >= 0.3 is 0 Å². The Morgan fingerprint density at radius 3 is 2.95 bits per heavy atom. The van der Waals surface area contributed by atoms with Gasteiger partial charge in [-0.25, -0.2) is 4.98 Å². The first-order valence-electron chi connectivity index (χ1n) is 7.63. The van der Waals surface area contributed by atoms with Crippen LogP contribution in [0.4, 0.5) is 0 Å². The molecule has 1 heterocycles. The number of hydrogen-bond donors (Lipinski definition) is 2. The summed E-state index contributed by atoms with van der Waals surface area (Å²) in [5, 5.41) is 3.44. The molecule has 3 rings (SSSR count). The second-order valence-electron chi connectivity index (χ2n) is 6.06. The predicted molar refractivity (Wildman–Crippen MR) is 84.5 cm³/mol. The van der Waals surface area contributed by atoms with Crippen molar-refractivity contribution in [1.82, 2.24) is 15.3 Å². The van der Waals surface area contributed by atoms with E-state index in [1.54, 1.807) is 7.11 Å². The Morgan fingerprint density at radius 2 is 2.19 bits per heavy atom. The lowest BCUT2D eigenvalue weighted by molar-refractivity contribution is 0.415. The average molecular weight is 285 g/mol. The van der Waals surface area contributed by atoms with Gasteiger partial charge in [0.1, 0.15) is 11.6 Å². The van der Waals surface area contributed by atoms with Crippen molar-refractivity contribution in [1.29, 1.82) is 0 Å². The van der Waals surface area contributed by atoms with Crippen LogP contribution in [0.25, 0.3) is 11.3 Å². The minimum Gasteiger partial charge on any atom is -0.497 e. The molecule has 2 aromatic rings. The molecular weight excluding hydrogens is 262 g/mol. The molecular formula is C17H23N3O. The molecule has 1 aliphatic rings. The summed E-state index contributed by atoms with van der Waals surface area (Å²) in [6, 6.07) is 6.28. The molecule has 4 heteroatoms. The molecule has 21 heavy (non-hydrogen) atoms. The summed E-state index contributed by atoms with van der Waals surface area (Å²) < 4.78 is 5.34. The Morgan fingerprint density at radius 1 is 1.33 bits per heavy atom. The first-order chi connectivity index (χ1) is 10.2. The van der Waals surface area contributed by atoms with E-state index < -0.39 is 0 Å². The highest BCUT2D eigenvalue weighted by Crippen LogP contribution is 2.34. The minimum atomic E-state index is 0.652. The topological polar surface area (TPSA) is 49.9 Å². The fourth-order valence-corrected chi connectivity index (χ4v) is 2.81. The Hall–Kier alpha value is -1.81. The van der Waals surface area contributed by atoms with Crippen LogP contribution in [0, 0.1) is 5.92 Å². The van der Waals surface area contributed by atoms with Gasteiger partial charge in [-0.3, -0.25) is 0 Å². The van der Waals surface area contributed by atoms with Gasteiger partial charge in [0, 0.05) is 11.3 Å². The number of fused-ring (bicyclic) bond motifs is 3. The summed E-state index contributed by atoms with van der Waals surface area (Å²) in [4.78, 5) is 8.26. The maximum Gasteiger partial charge on any atom is 0.121 e. The molecule has 2 N–H and O–H groups in total. The number of nitrogens with one attached hydrogen (secondary N) is 2. The summed E-state index contributed by atoms with van der Waals surface area (Å²) in [5.41, 5.74) is 4.91. The maximum atomic E-state index is 5.34. The van der Waals surface area contributed by atoms with Crippen LogP contribution in [-0.2, 0) is 19.4 Å². The average Bonchev–Trinajstić information content (AvgIpc) is 2.89. The zero-order chi connectivity index (χ0) is 14.8. The molecule has 0 bridgehead atoms. The number of aromatic amines is 1. The SMILES string of the molecule is COc1ccc2c(c1)-c1nc(CNCC(C)C)[nH]c1CC2. The van der Waals surface area contributed by atoms with Gasteiger partial charge in [0.2, 0.25) is 0 Å². The highest BCUT2D eigenvalue weighted by Gasteiger charge is 2.20. The molecule has 0 saturated carbocycles. The zero-order valence-electron chi connectivity index (χ0n) is 13.0. The third kappa shape index (κ3) is 2.95. The minimum absolute atomic E-state index is 0.652. The number of methoxy groups -OCH3 is 1. The summed E-state index contributed by atoms with van der Waals surface area (Å²) >= 11 is 0. The molecule has 0 saturated heterocycles. The summed E-state index contributed by atoms with van der Waals surface area (Å²) in [6.07, 6.45) is 2.10. The highest BCUT2D eigenvalue weighted by atomic mass is 16.5. The largest absolute Gasteiger partial charge is 0.497 e. The monoisotopic (exact) mass is 285 g/mol. The number of ether oxygens (including phenoxy) is 1. The van der Waals surface area contributed by atoms with Crippen molar-refractivity contribution in [2.75, 3.05) is 13.7 Å². The van der Waals surface area contributed by atoms with E-state index >= 15 is 0 Å². The van der Waals surface area contributed by atoms with Crippen LogP contribution in [0.3, 0.4) is 0 Å². The number of hydrogen-bond acceptors (Lipinski definition) is 3. The van der Waals surface area contributed by atoms with Gasteiger partial charge < -0.3 is 15.0 Å². The number of benzene rings is 1. The first-order valence-corrected chi connectivity index (χ1v) is 7.63. The molecule has 112 valence electrons. The van der Waals surface area contributed by atoms with Crippen LogP contribution >= 0.6 is 0 Å². The van der Waals surface area contributed by atoms with Gasteiger partial charge in [-0.2, -0.15) is 0 Å². The van der Waals surface area contributed by atoms with E-state index in [1.165, 1.54) is 16.8 Å². The number of imidazole rings is 1. The van der Waals surface area contributed by atoms with E-state index in [2.05, 4.69) is 36.3 Å². The highest BCUT2D eigenvalue weighted by molar-refractivity contribution is 5.70. The predicted octanol–water partition coefficient (Wildman–Crippen LogP) is 2.93. The van der Waals surface area contributed by atoms with Crippen molar-refractivity contribution in [3.8, 4) is 17.0 Å². The molecule has 0 amide bonds.